The van der Waals surface area contributed by atoms with Crippen LogP contribution >= 0.6 is 11.6 Å². The Morgan fingerprint density at radius 2 is 2.25 bits per heavy atom. The first-order valence-corrected chi connectivity index (χ1v) is 5.45. The van der Waals surface area contributed by atoms with E-state index in [1.165, 1.54) is 0 Å². The second kappa shape index (κ2) is 4.63. The lowest BCUT2D eigenvalue weighted by molar-refractivity contribution is 0.624. The second-order valence-electron chi connectivity index (χ2n) is 3.55. The van der Waals surface area contributed by atoms with Crippen molar-refractivity contribution in [2.24, 2.45) is 5.73 Å². The Bertz CT molecular complexity index is 565. The molecule has 0 spiro atoms. The molecule has 0 radical (unpaired) electrons. The summed E-state index contributed by atoms with van der Waals surface area (Å²) >= 11 is 5.85. The molecule has 0 fully saturated rings. The van der Waals surface area contributed by atoms with Gasteiger partial charge < -0.3 is 5.73 Å². The molecule has 0 amide bonds. The quantitative estimate of drug-likeness (QED) is 0.878. The summed E-state index contributed by atoms with van der Waals surface area (Å²) in [6, 6.07) is 5.11. The number of nitrogens with zero attached hydrogens (tertiary/aromatic N) is 2. The third kappa shape index (κ3) is 2.08. The highest BCUT2D eigenvalue weighted by Crippen LogP contribution is 2.13. The van der Waals surface area contributed by atoms with E-state index in [2.05, 4.69) is 4.98 Å². The third-order valence-corrected chi connectivity index (χ3v) is 2.62. The molecule has 0 atom stereocenters. The third-order valence-electron chi connectivity index (χ3n) is 2.39. The monoisotopic (exact) mass is 237 g/mol. The molecule has 4 nitrogen and oxygen atoms in total. The van der Waals surface area contributed by atoms with Crippen molar-refractivity contribution in [3.8, 4) is 0 Å². The van der Waals surface area contributed by atoms with Crippen molar-refractivity contribution in [2.75, 3.05) is 6.54 Å². The number of fused-ring (bicyclic) bond motifs is 1. The molecule has 5 heteroatoms. The van der Waals surface area contributed by atoms with Gasteiger partial charge in [0.05, 0.1) is 17.2 Å². The largest absolute Gasteiger partial charge is 0.330 e. The predicted octanol–water partition coefficient (Wildman–Crippen LogP) is 1.40. The lowest BCUT2D eigenvalue weighted by Crippen LogP contribution is -2.21. The molecule has 2 rings (SSSR count). The van der Waals surface area contributed by atoms with Crippen molar-refractivity contribution in [3.05, 3.63) is 39.9 Å². The minimum Gasteiger partial charge on any atom is -0.330 e. The van der Waals surface area contributed by atoms with E-state index < -0.39 is 0 Å². The van der Waals surface area contributed by atoms with E-state index in [1.54, 1.807) is 29.1 Å². The number of halogens is 1. The van der Waals surface area contributed by atoms with Crippen molar-refractivity contribution in [3.63, 3.8) is 0 Å². The van der Waals surface area contributed by atoms with Gasteiger partial charge in [0.25, 0.3) is 5.56 Å². The molecular weight excluding hydrogens is 226 g/mol. The SMILES string of the molecule is NCCCn1cnc2ccc(Cl)cc2c1=O. The molecule has 0 saturated heterocycles. The molecule has 1 aromatic carbocycles. The Hall–Kier alpha value is -1.39. The average Bonchev–Trinajstić information content (AvgIpc) is 2.29. The summed E-state index contributed by atoms with van der Waals surface area (Å²) in [6.07, 6.45) is 2.31. The highest BCUT2D eigenvalue weighted by molar-refractivity contribution is 6.31. The van der Waals surface area contributed by atoms with Gasteiger partial charge in [-0.25, -0.2) is 4.98 Å². The summed E-state index contributed by atoms with van der Waals surface area (Å²) < 4.78 is 1.56. The average molecular weight is 238 g/mol. The van der Waals surface area contributed by atoms with E-state index >= 15 is 0 Å². The molecule has 16 heavy (non-hydrogen) atoms. The van der Waals surface area contributed by atoms with Gasteiger partial charge in [0, 0.05) is 11.6 Å². The number of aryl methyl sites for hydroxylation is 1. The smallest absolute Gasteiger partial charge is 0.261 e. The molecule has 0 bridgehead atoms. The van der Waals surface area contributed by atoms with Gasteiger partial charge in [-0.05, 0) is 31.2 Å². The summed E-state index contributed by atoms with van der Waals surface area (Å²) in [5.74, 6) is 0. The standard InChI is InChI=1S/C11H12ClN3O/c12-8-2-3-10-9(6-8)11(16)15(7-14-10)5-1-4-13/h2-3,6-7H,1,4-5,13H2. The minimum absolute atomic E-state index is 0.0686. The van der Waals surface area contributed by atoms with E-state index in [0.717, 1.165) is 6.42 Å². The molecule has 1 aromatic heterocycles. The first-order chi connectivity index (χ1) is 7.72. The molecule has 0 unspecified atom stereocenters. The van der Waals surface area contributed by atoms with Gasteiger partial charge in [-0.1, -0.05) is 11.6 Å². The zero-order valence-corrected chi connectivity index (χ0v) is 9.44. The molecule has 0 saturated carbocycles. The highest BCUT2D eigenvalue weighted by Gasteiger charge is 2.03. The van der Waals surface area contributed by atoms with Gasteiger partial charge in [0.1, 0.15) is 0 Å². The van der Waals surface area contributed by atoms with Crippen molar-refractivity contribution < 1.29 is 0 Å². The van der Waals surface area contributed by atoms with Crippen LogP contribution in [-0.4, -0.2) is 16.1 Å². The highest BCUT2D eigenvalue weighted by atomic mass is 35.5. The van der Waals surface area contributed by atoms with Crippen LogP contribution in [0.15, 0.2) is 29.3 Å². The number of rotatable bonds is 3. The number of aromatic nitrogens is 2. The first-order valence-electron chi connectivity index (χ1n) is 5.07. The van der Waals surface area contributed by atoms with Crippen LogP contribution in [0.5, 0.6) is 0 Å². The van der Waals surface area contributed by atoms with Crippen LogP contribution in [0.4, 0.5) is 0 Å². The van der Waals surface area contributed by atoms with Crippen molar-refractivity contribution in [1.29, 1.82) is 0 Å². The summed E-state index contributed by atoms with van der Waals surface area (Å²) in [5, 5.41) is 1.09. The fraction of sp³-hybridized carbons (Fsp3) is 0.273. The van der Waals surface area contributed by atoms with Crippen LogP contribution in [0.3, 0.4) is 0 Å². The van der Waals surface area contributed by atoms with E-state index in [4.69, 9.17) is 17.3 Å². The van der Waals surface area contributed by atoms with Gasteiger partial charge >= 0.3 is 0 Å². The number of hydrogen-bond acceptors (Lipinski definition) is 3. The van der Waals surface area contributed by atoms with Crippen molar-refractivity contribution in [1.82, 2.24) is 9.55 Å². The van der Waals surface area contributed by atoms with Gasteiger partial charge in [-0.15, -0.1) is 0 Å². The minimum atomic E-state index is -0.0686. The fourth-order valence-electron chi connectivity index (χ4n) is 1.55. The number of hydrogen-bond donors (Lipinski definition) is 1. The Balaban J connectivity index is 2.55. The van der Waals surface area contributed by atoms with Crippen molar-refractivity contribution >= 4 is 22.5 Å². The zero-order valence-electron chi connectivity index (χ0n) is 8.69. The molecule has 0 aliphatic heterocycles. The number of benzene rings is 1. The van der Waals surface area contributed by atoms with Crippen LogP contribution < -0.4 is 11.3 Å². The summed E-state index contributed by atoms with van der Waals surface area (Å²) in [5.41, 5.74) is 6.00. The Morgan fingerprint density at radius 1 is 1.44 bits per heavy atom. The van der Waals surface area contributed by atoms with E-state index in [1.807, 2.05) is 0 Å². The predicted molar refractivity (Wildman–Crippen MR) is 64.7 cm³/mol. The lowest BCUT2D eigenvalue weighted by atomic mass is 10.2. The van der Waals surface area contributed by atoms with Crippen LogP contribution in [0.2, 0.25) is 5.02 Å². The Morgan fingerprint density at radius 3 is 3.00 bits per heavy atom. The van der Waals surface area contributed by atoms with Crippen LogP contribution in [0, 0.1) is 0 Å². The second-order valence-corrected chi connectivity index (χ2v) is 3.98. The number of nitrogens with two attached hydrogens (primary N) is 1. The maximum atomic E-state index is 12.0. The van der Waals surface area contributed by atoms with Crippen molar-refractivity contribution in [2.45, 2.75) is 13.0 Å². The summed E-state index contributed by atoms with van der Waals surface area (Å²) in [4.78, 5) is 16.2. The van der Waals surface area contributed by atoms with Crippen LogP contribution in [0.25, 0.3) is 10.9 Å². The van der Waals surface area contributed by atoms with Gasteiger partial charge in [-0.3, -0.25) is 9.36 Å². The lowest BCUT2D eigenvalue weighted by Gasteiger charge is -2.05. The summed E-state index contributed by atoms with van der Waals surface area (Å²) in [6.45, 7) is 1.14. The van der Waals surface area contributed by atoms with Gasteiger partial charge in [0.2, 0.25) is 0 Å². The van der Waals surface area contributed by atoms with E-state index in [9.17, 15) is 4.79 Å². The first kappa shape index (κ1) is 11.1. The van der Waals surface area contributed by atoms with Gasteiger partial charge in [0.15, 0.2) is 0 Å². The zero-order chi connectivity index (χ0) is 11.5. The van der Waals surface area contributed by atoms with Gasteiger partial charge in [-0.2, -0.15) is 0 Å². The molecule has 0 aliphatic carbocycles. The molecule has 84 valence electrons. The molecule has 1 heterocycles. The van der Waals surface area contributed by atoms with Crippen LogP contribution in [-0.2, 0) is 6.54 Å². The Labute approximate surface area is 97.7 Å². The molecule has 2 aromatic rings. The maximum Gasteiger partial charge on any atom is 0.261 e. The molecule has 0 aliphatic rings. The molecule has 2 N–H and O–H groups in total. The fourth-order valence-corrected chi connectivity index (χ4v) is 1.72. The van der Waals surface area contributed by atoms with E-state index in [0.29, 0.717) is 29.0 Å². The Kier molecular flexibility index (Phi) is 3.22. The topological polar surface area (TPSA) is 60.9 Å². The maximum absolute atomic E-state index is 12.0. The molecular formula is C11H12ClN3O. The van der Waals surface area contributed by atoms with E-state index in [-0.39, 0.29) is 5.56 Å². The van der Waals surface area contributed by atoms with Crippen LogP contribution in [0.1, 0.15) is 6.42 Å². The summed E-state index contributed by atoms with van der Waals surface area (Å²) in [7, 11) is 0. The normalized spacial score (nSPS) is 10.9.